The first-order valence-electron chi connectivity index (χ1n) is 33.5. The second-order valence-electron chi connectivity index (χ2n) is 24.1. The van der Waals surface area contributed by atoms with Gasteiger partial charge in [-0.25, -0.2) is 9.13 Å². The number of carbonyl (C=O) groups is 4. The highest BCUT2D eigenvalue weighted by Gasteiger charge is 2.30. The molecule has 0 aliphatic rings. The number of esters is 4. The van der Waals surface area contributed by atoms with E-state index < -0.39 is 97.5 Å². The van der Waals surface area contributed by atoms with Crippen LogP contribution in [0.5, 0.6) is 0 Å². The Morgan fingerprint density at radius 2 is 0.554 bits per heavy atom. The Bertz CT molecular complexity index is 1630. The van der Waals surface area contributed by atoms with E-state index in [-0.39, 0.29) is 25.7 Å². The van der Waals surface area contributed by atoms with Crippen LogP contribution in [0.1, 0.15) is 318 Å². The molecule has 5 atom stereocenters. The minimum absolute atomic E-state index is 0.101. The molecule has 0 aromatic rings. The van der Waals surface area contributed by atoms with Gasteiger partial charge in [-0.1, -0.05) is 266 Å². The maximum atomic E-state index is 13.0. The van der Waals surface area contributed by atoms with Crippen LogP contribution in [0.15, 0.2) is 0 Å². The predicted molar refractivity (Wildman–Crippen MR) is 331 cm³/mol. The zero-order chi connectivity index (χ0) is 61.5. The summed E-state index contributed by atoms with van der Waals surface area (Å²) in [6, 6.07) is 0. The standard InChI is InChI=1S/C64H124O17P2/c1-7-9-11-13-15-17-19-20-21-22-23-25-27-36-42-48-63(68)80-59(52-74-61(66)46-40-34-26-24-18-16-14-12-10-8-2)54-78-82(70,71)76-50-58(65)51-77-83(72,73)79-55-60(81-64(69)49-43-37-31-29-33-39-45-57(5)6)53-75-62(67)47-41-35-30-28-32-38-44-56(3)4/h56-60,65H,7-55H2,1-6H3,(H,70,71)(H,72,73)/t58-,59-,60-/m1/s1. The van der Waals surface area contributed by atoms with Gasteiger partial charge in [0.15, 0.2) is 12.2 Å². The fourth-order valence-electron chi connectivity index (χ4n) is 9.53. The number of ether oxygens (including phenoxy) is 4. The zero-order valence-corrected chi connectivity index (χ0v) is 55.3. The first-order chi connectivity index (χ1) is 39.9. The van der Waals surface area contributed by atoms with Crippen LogP contribution in [-0.4, -0.2) is 96.7 Å². The molecule has 0 fully saturated rings. The first-order valence-corrected chi connectivity index (χ1v) is 36.5. The summed E-state index contributed by atoms with van der Waals surface area (Å²) in [4.78, 5) is 72.1. The van der Waals surface area contributed by atoms with Gasteiger partial charge in [-0.3, -0.25) is 37.3 Å². The number of aliphatic hydroxyl groups is 1. The summed E-state index contributed by atoms with van der Waals surface area (Å²) in [6.45, 7) is 9.31. The van der Waals surface area contributed by atoms with E-state index in [1.807, 2.05) is 0 Å². The van der Waals surface area contributed by atoms with E-state index in [1.165, 1.54) is 128 Å². The number of phosphoric acid groups is 2. The van der Waals surface area contributed by atoms with Gasteiger partial charge in [0.25, 0.3) is 0 Å². The SMILES string of the molecule is CCCCCCCCCCCCCCCCCC(=O)O[C@H](COC(=O)CCCCCCCCCCCC)COP(=O)(O)OC[C@@H](O)COP(=O)(O)OC[C@@H](COC(=O)CCCCCCCCC(C)C)OC(=O)CCCCCCCCC(C)C. The first kappa shape index (κ1) is 81.1. The van der Waals surface area contributed by atoms with Gasteiger partial charge in [0.1, 0.15) is 19.3 Å². The highest BCUT2D eigenvalue weighted by Crippen LogP contribution is 2.45. The van der Waals surface area contributed by atoms with Gasteiger partial charge in [-0.2, -0.15) is 0 Å². The number of hydrogen-bond acceptors (Lipinski definition) is 15. The molecule has 2 unspecified atom stereocenters. The lowest BCUT2D eigenvalue weighted by Gasteiger charge is -2.21. The third-order valence-electron chi connectivity index (χ3n) is 14.7. The average Bonchev–Trinajstić information content (AvgIpc) is 3.45. The van der Waals surface area contributed by atoms with Gasteiger partial charge in [-0.15, -0.1) is 0 Å². The summed E-state index contributed by atoms with van der Waals surface area (Å²) in [5.74, 6) is -0.790. The number of rotatable bonds is 63. The van der Waals surface area contributed by atoms with Gasteiger partial charge >= 0.3 is 39.5 Å². The number of aliphatic hydroxyl groups excluding tert-OH is 1. The molecule has 0 spiro atoms. The van der Waals surface area contributed by atoms with Crippen molar-refractivity contribution in [2.45, 2.75) is 336 Å². The van der Waals surface area contributed by atoms with E-state index in [9.17, 15) is 43.2 Å². The van der Waals surface area contributed by atoms with Crippen molar-refractivity contribution in [3.05, 3.63) is 0 Å². The molecule has 19 heteroatoms. The molecule has 0 saturated carbocycles. The zero-order valence-electron chi connectivity index (χ0n) is 53.5. The molecular formula is C64H124O17P2. The largest absolute Gasteiger partial charge is 0.472 e. The lowest BCUT2D eigenvalue weighted by molar-refractivity contribution is -0.161. The van der Waals surface area contributed by atoms with E-state index in [0.29, 0.717) is 37.5 Å². The maximum absolute atomic E-state index is 13.0. The minimum Gasteiger partial charge on any atom is -0.462 e. The molecule has 0 aromatic carbocycles. The Labute approximate surface area is 505 Å². The van der Waals surface area contributed by atoms with Crippen LogP contribution in [0.25, 0.3) is 0 Å². The lowest BCUT2D eigenvalue weighted by Crippen LogP contribution is -2.30. The molecule has 0 saturated heterocycles. The maximum Gasteiger partial charge on any atom is 0.472 e. The van der Waals surface area contributed by atoms with Crippen molar-refractivity contribution in [2.75, 3.05) is 39.6 Å². The molecule has 0 radical (unpaired) electrons. The van der Waals surface area contributed by atoms with Crippen LogP contribution in [0.2, 0.25) is 0 Å². The molecular weight excluding hydrogens is 1100 g/mol. The second kappa shape index (κ2) is 56.6. The van der Waals surface area contributed by atoms with Crippen molar-refractivity contribution in [1.29, 1.82) is 0 Å². The van der Waals surface area contributed by atoms with Gasteiger partial charge in [0.05, 0.1) is 26.4 Å². The molecule has 83 heavy (non-hydrogen) atoms. The fraction of sp³-hybridized carbons (Fsp3) is 0.938. The van der Waals surface area contributed by atoms with Crippen LogP contribution in [0, 0.1) is 11.8 Å². The number of unbranched alkanes of at least 4 members (excludes halogenated alkanes) is 33. The molecule has 492 valence electrons. The van der Waals surface area contributed by atoms with Crippen molar-refractivity contribution < 1.29 is 80.2 Å². The smallest absolute Gasteiger partial charge is 0.462 e. The Morgan fingerprint density at radius 3 is 0.819 bits per heavy atom. The molecule has 0 aliphatic carbocycles. The summed E-state index contributed by atoms with van der Waals surface area (Å²) in [5.41, 5.74) is 0. The molecule has 0 amide bonds. The number of hydrogen-bond donors (Lipinski definition) is 3. The van der Waals surface area contributed by atoms with E-state index >= 15 is 0 Å². The monoisotopic (exact) mass is 1230 g/mol. The van der Waals surface area contributed by atoms with Crippen molar-refractivity contribution in [2.24, 2.45) is 11.8 Å². The molecule has 0 heterocycles. The van der Waals surface area contributed by atoms with Crippen molar-refractivity contribution >= 4 is 39.5 Å². The minimum atomic E-state index is -4.94. The van der Waals surface area contributed by atoms with Crippen molar-refractivity contribution in [3.8, 4) is 0 Å². The predicted octanol–water partition coefficient (Wildman–Crippen LogP) is 17.7. The van der Waals surface area contributed by atoms with Gasteiger partial charge in [0, 0.05) is 25.7 Å². The highest BCUT2D eigenvalue weighted by molar-refractivity contribution is 7.47. The topological polar surface area (TPSA) is 237 Å². The molecule has 0 bridgehead atoms. The second-order valence-corrected chi connectivity index (χ2v) is 27.0. The summed E-state index contributed by atoms with van der Waals surface area (Å²) in [6.07, 6.45) is 39.2. The quantitative estimate of drug-likeness (QED) is 0.0222. The van der Waals surface area contributed by atoms with Crippen molar-refractivity contribution in [1.82, 2.24) is 0 Å². The van der Waals surface area contributed by atoms with E-state index in [0.717, 1.165) is 96.3 Å². The summed E-state index contributed by atoms with van der Waals surface area (Å²) >= 11 is 0. The molecule has 0 aliphatic heterocycles. The Balaban J connectivity index is 5.21. The molecule has 17 nitrogen and oxygen atoms in total. The average molecular weight is 1230 g/mol. The third kappa shape index (κ3) is 58.8. The fourth-order valence-corrected chi connectivity index (χ4v) is 11.1. The molecule has 3 N–H and O–H groups in total. The van der Waals surface area contributed by atoms with E-state index in [2.05, 4.69) is 41.5 Å². The van der Waals surface area contributed by atoms with E-state index in [4.69, 9.17) is 37.0 Å². The summed E-state index contributed by atoms with van der Waals surface area (Å²) in [5, 5.41) is 10.5. The third-order valence-corrected chi connectivity index (χ3v) is 16.6. The van der Waals surface area contributed by atoms with Crippen LogP contribution >= 0.6 is 15.6 Å². The van der Waals surface area contributed by atoms with Gasteiger partial charge < -0.3 is 33.8 Å². The van der Waals surface area contributed by atoms with Gasteiger partial charge in [0.2, 0.25) is 0 Å². The van der Waals surface area contributed by atoms with Crippen LogP contribution < -0.4 is 0 Å². The van der Waals surface area contributed by atoms with Gasteiger partial charge in [-0.05, 0) is 37.5 Å². The summed E-state index contributed by atoms with van der Waals surface area (Å²) < 4.78 is 67.9. The van der Waals surface area contributed by atoms with Crippen LogP contribution in [-0.2, 0) is 65.4 Å². The number of carbonyl (C=O) groups excluding carboxylic acids is 4. The Morgan fingerprint density at radius 1 is 0.325 bits per heavy atom. The number of phosphoric ester groups is 2. The molecule has 0 aromatic heterocycles. The summed E-state index contributed by atoms with van der Waals surface area (Å²) in [7, 11) is -9.88. The van der Waals surface area contributed by atoms with Crippen LogP contribution in [0.4, 0.5) is 0 Å². The highest BCUT2D eigenvalue weighted by atomic mass is 31.2. The van der Waals surface area contributed by atoms with E-state index in [1.54, 1.807) is 0 Å². The van der Waals surface area contributed by atoms with Crippen molar-refractivity contribution in [3.63, 3.8) is 0 Å². The molecule has 0 rings (SSSR count). The normalized spacial score (nSPS) is 14.3. The Hall–Kier alpha value is -1.94. The van der Waals surface area contributed by atoms with Crippen LogP contribution in [0.3, 0.4) is 0 Å². The Kier molecular flexibility index (Phi) is 55.2. The lowest BCUT2D eigenvalue weighted by atomic mass is 10.0.